The topological polar surface area (TPSA) is 29.1 Å². The van der Waals surface area contributed by atoms with Crippen LogP contribution in [0.4, 0.5) is 5.69 Å². The summed E-state index contributed by atoms with van der Waals surface area (Å²) < 4.78 is 0. The summed E-state index contributed by atoms with van der Waals surface area (Å²) in [5.74, 6) is 0.357. The van der Waals surface area contributed by atoms with E-state index in [-0.39, 0.29) is 5.91 Å². The van der Waals surface area contributed by atoms with Gasteiger partial charge in [-0.15, -0.1) is 0 Å². The number of carbonyl (C=O) groups is 1. The Morgan fingerprint density at radius 2 is 1.76 bits per heavy atom. The molecule has 1 fully saturated rings. The monoisotopic (exact) mass is 229 g/mol. The maximum absolute atomic E-state index is 12.0. The Kier molecular flexibility index (Phi) is 3.97. The standard InChI is InChI=1S/C15H19NO/c1-12(13-8-4-2-5-9-13)15(17)16-14-10-6-3-7-11-14/h3,6-7,10-11,13H,1-2,4-5,8-9H2,(H,16,17). The van der Waals surface area contributed by atoms with Crippen molar-refractivity contribution < 1.29 is 4.79 Å². The Hall–Kier alpha value is -1.57. The highest BCUT2D eigenvalue weighted by molar-refractivity contribution is 6.03. The van der Waals surface area contributed by atoms with Crippen LogP contribution >= 0.6 is 0 Å². The molecule has 1 saturated carbocycles. The van der Waals surface area contributed by atoms with E-state index in [2.05, 4.69) is 11.9 Å². The van der Waals surface area contributed by atoms with Crippen LogP contribution in [0, 0.1) is 5.92 Å². The first-order chi connectivity index (χ1) is 8.27. The van der Waals surface area contributed by atoms with E-state index in [0.29, 0.717) is 5.92 Å². The van der Waals surface area contributed by atoms with Crippen LogP contribution in [0.15, 0.2) is 42.5 Å². The molecule has 0 radical (unpaired) electrons. The van der Waals surface area contributed by atoms with Crippen LogP contribution in [0.3, 0.4) is 0 Å². The van der Waals surface area contributed by atoms with Crippen LogP contribution < -0.4 is 5.32 Å². The molecule has 0 spiro atoms. The third-order valence-corrected chi connectivity index (χ3v) is 3.42. The third kappa shape index (κ3) is 3.19. The molecule has 0 atom stereocenters. The summed E-state index contributed by atoms with van der Waals surface area (Å²) in [7, 11) is 0. The summed E-state index contributed by atoms with van der Waals surface area (Å²) in [4.78, 5) is 12.0. The fourth-order valence-electron chi connectivity index (χ4n) is 2.37. The van der Waals surface area contributed by atoms with Gasteiger partial charge < -0.3 is 5.32 Å². The molecule has 0 aromatic heterocycles. The summed E-state index contributed by atoms with van der Waals surface area (Å²) >= 11 is 0. The Morgan fingerprint density at radius 1 is 1.12 bits per heavy atom. The molecular weight excluding hydrogens is 210 g/mol. The molecule has 0 bridgehead atoms. The van der Waals surface area contributed by atoms with Gasteiger partial charge in [-0.05, 0) is 30.9 Å². The summed E-state index contributed by atoms with van der Waals surface area (Å²) in [6.45, 7) is 3.96. The normalized spacial score (nSPS) is 16.5. The van der Waals surface area contributed by atoms with Gasteiger partial charge >= 0.3 is 0 Å². The molecule has 1 aliphatic carbocycles. The molecule has 17 heavy (non-hydrogen) atoms. The van der Waals surface area contributed by atoms with Gasteiger partial charge in [0.05, 0.1) is 0 Å². The minimum absolute atomic E-state index is 0.0249. The van der Waals surface area contributed by atoms with Gasteiger partial charge in [0.1, 0.15) is 0 Å². The minimum atomic E-state index is -0.0249. The van der Waals surface area contributed by atoms with Crippen LogP contribution in [0.2, 0.25) is 0 Å². The molecule has 1 aromatic rings. The lowest BCUT2D eigenvalue weighted by atomic mass is 9.84. The second-order valence-electron chi connectivity index (χ2n) is 4.68. The number of nitrogens with one attached hydrogen (secondary N) is 1. The first-order valence-electron chi connectivity index (χ1n) is 6.32. The first-order valence-corrected chi connectivity index (χ1v) is 6.32. The highest BCUT2D eigenvalue weighted by Gasteiger charge is 2.21. The average molecular weight is 229 g/mol. The molecule has 0 aliphatic heterocycles. The lowest BCUT2D eigenvalue weighted by molar-refractivity contribution is -0.113. The number of anilines is 1. The predicted molar refractivity (Wildman–Crippen MR) is 70.8 cm³/mol. The first kappa shape index (κ1) is 11.9. The zero-order chi connectivity index (χ0) is 12.1. The Balaban J connectivity index is 1.93. The van der Waals surface area contributed by atoms with E-state index in [1.165, 1.54) is 19.3 Å². The molecule has 1 N–H and O–H groups in total. The number of amides is 1. The van der Waals surface area contributed by atoms with Crippen LogP contribution in [-0.4, -0.2) is 5.91 Å². The number of hydrogen-bond acceptors (Lipinski definition) is 1. The van der Waals surface area contributed by atoms with Crippen molar-refractivity contribution in [3.05, 3.63) is 42.5 Å². The summed E-state index contributed by atoms with van der Waals surface area (Å²) in [6.07, 6.45) is 5.97. The van der Waals surface area contributed by atoms with Gasteiger partial charge in [-0.1, -0.05) is 44.0 Å². The largest absolute Gasteiger partial charge is 0.322 e. The van der Waals surface area contributed by atoms with Crippen LogP contribution in [0.1, 0.15) is 32.1 Å². The van der Waals surface area contributed by atoms with E-state index in [4.69, 9.17) is 0 Å². The van der Waals surface area contributed by atoms with Gasteiger partial charge in [0.25, 0.3) is 5.91 Å². The molecule has 2 nitrogen and oxygen atoms in total. The SMILES string of the molecule is C=C(C(=O)Nc1ccccc1)C1CCCCC1. The zero-order valence-corrected chi connectivity index (χ0v) is 10.1. The van der Waals surface area contributed by atoms with E-state index in [1.807, 2.05) is 30.3 Å². The average Bonchev–Trinajstić information content (AvgIpc) is 2.40. The van der Waals surface area contributed by atoms with Crippen molar-refractivity contribution in [3.63, 3.8) is 0 Å². The van der Waals surface area contributed by atoms with Gasteiger partial charge in [0, 0.05) is 11.3 Å². The molecule has 0 saturated heterocycles. The zero-order valence-electron chi connectivity index (χ0n) is 10.1. The number of carbonyl (C=O) groups excluding carboxylic acids is 1. The molecule has 1 aliphatic rings. The third-order valence-electron chi connectivity index (χ3n) is 3.42. The number of para-hydroxylation sites is 1. The molecule has 0 heterocycles. The van der Waals surface area contributed by atoms with Crippen molar-refractivity contribution in [2.24, 2.45) is 5.92 Å². The van der Waals surface area contributed by atoms with Crippen molar-refractivity contribution in [3.8, 4) is 0 Å². The smallest absolute Gasteiger partial charge is 0.251 e. The van der Waals surface area contributed by atoms with Gasteiger partial charge in [0.15, 0.2) is 0 Å². The second kappa shape index (κ2) is 5.67. The Labute approximate surface area is 103 Å². The van der Waals surface area contributed by atoms with E-state index >= 15 is 0 Å². The van der Waals surface area contributed by atoms with Gasteiger partial charge in [-0.3, -0.25) is 4.79 Å². The van der Waals surface area contributed by atoms with Crippen molar-refractivity contribution in [1.82, 2.24) is 0 Å². The molecule has 0 unspecified atom stereocenters. The minimum Gasteiger partial charge on any atom is -0.322 e. The summed E-state index contributed by atoms with van der Waals surface area (Å²) in [5.41, 5.74) is 1.59. The van der Waals surface area contributed by atoms with E-state index in [1.54, 1.807) is 0 Å². The number of rotatable bonds is 3. The Bertz CT molecular complexity index is 391. The molecule has 1 aromatic carbocycles. The van der Waals surface area contributed by atoms with Crippen LogP contribution in [-0.2, 0) is 4.79 Å². The highest BCUT2D eigenvalue weighted by atomic mass is 16.1. The van der Waals surface area contributed by atoms with Gasteiger partial charge in [-0.2, -0.15) is 0 Å². The number of benzene rings is 1. The molecule has 2 rings (SSSR count). The predicted octanol–water partition coefficient (Wildman–Crippen LogP) is 3.76. The van der Waals surface area contributed by atoms with Crippen LogP contribution in [0.5, 0.6) is 0 Å². The fraction of sp³-hybridized carbons (Fsp3) is 0.400. The van der Waals surface area contributed by atoms with E-state index < -0.39 is 0 Å². The molecule has 1 amide bonds. The summed E-state index contributed by atoms with van der Waals surface area (Å²) in [5, 5.41) is 2.90. The lowest BCUT2D eigenvalue weighted by Crippen LogP contribution is -2.21. The summed E-state index contributed by atoms with van der Waals surface area (Å²) in [6, 6.07) is 9.56. The van der Waals surface area contributed by atoms with Crippen molar-refractivity contribution in [2.75, 3.05) is 5.32 Å². The van der Waals surface area contributed by atoms with Gasteiger partial charge in [0.2, 0.25) is 0 Å². The molecular formula is C15H19NO. The molecule has 2 heteroatoms. The highest BCUT2D eigenvalue weighted by Crippen LogP contribution is 2.29. The van der Waals surface area contributed by atoms with E-state index in [9.17, 15) is 4.79 Å². The van der Waals surface area contributed by atoms with Gasteiger partial charge in [-0.25, -0.2) is 0 Å². The number of hydrogen-bond donors (Lipinski definition) is 1. The van der Waals surface area contributed by atoms with E-state index in [0.717, 1.165) is 24.1 Å². The second-order valence-corrected chi connectivity index (χ2v) is 4.68. The molecule has 90 valence electrons. The van der Waals surface area contributed by atoms with Crippen LogP contribution in [0.25, 0.3) is 0 Å². The quantitative estimate of drug-likeness (QED) is 0.785. The van der Waals surface area contributed by atoms with Crippen molar-refractivity contribution in [2.45, 2.75) is 32.1 Å². The maximum Gasteiger partial charge on any atom is 0.251 e. The maximum atomic E-state index is 12.0. The Morgan fingerprint density at radius 3 is 2.41 bits per heavy atom. The lowest BCUT2D eigenvalue weighted by Gasteiger charge is -2.23. The van der Waals surface area contributed by atoms with Crippen molar-refractivity contribution >= 4 is 11.6 Å². The fourth-order valence-corrected chi connectivity index (χ4v) is 2.37. The van der Waals surface area contributed by atoms with Crippen molar-refractivity contribution in [1.29, 1.82) is 0 Å².